The summed E-state index contributed by atoms with van der Waals surface area (Å²) in [7, 11) is 0. The number of hydrogen-bond donors (Lipinski definition) is 2. The first-order chi connectivity index (χ1) is 23.6. The van der Waals surface area contributed by atoms with Crippen molar-refractivity contribution >= 4 is 72.9 Å². The first-order valence-corrected chi connectivity index (χ1v) is 18.7. The molecule has 234 valence electrons. The summed E-state index contributed by atoms with van der Waals surface area (Å²) in [5.41, 5.74) is 4.03. The van der Waals surface area contributed by atoms with Gasteiger partial charge in [-0.2, -0.15) is 0 Å². The third-order valence-corrected chi connectivity index (χ3v) is 10.8. The molecular formula is C42H33N2O2PS. The van der Waals surface area contributed by atoms with Gasteiger partial charge >= 0.3 is 6.64 Å². The molecule has 0 heterocycles. The monoisotopic (exact) mass is 660 g/mol. The van der Waals surface area contributed by atoms with Crippen molar-refractivity contribution < 1.29 is 9.05 Å². The number of rotatable bonds is 9. The molecule has 6 heteroatoms. The molecule has 8 rings (SSSR count). The van der Waals surface area contributed by atoms with Crippen LogP contribution in [0.1, 0.15) is 6.92 Å². The third kappa shape index (κ3) is 5.62. The van der Waals surface area contributed by atoms with E-state index in [4.69, 9.17) is 20.9 Å². The molecule has 0 aliphatic carbocycles. The maximum absolute atomic E-state index is 6.92. The molecule has 8 aromatic rings. The SMILES string of the molecule is CCNc1ccc2ccccc2c1-c1c(NP(=S)(Oc2cccc3ccccc23)Oc2cccc3ccccc23)ccc2ccccc12. The van der Waals surface area contributed by atoms with E-state index in [9.17, 15) is 0 Å². The predicted molar refractivity (Wildman–Crippen MR) is 208 cm³/mol. The number of benzene rings is 8. The molecule has 0 atom stereocenters. The molecule has 0 aliphatic rings. The van der Waals surface area contributed by atoms with E-state index in [1.165, 1.54) is 0 Å². The smallest absolute Gasteiger partial charge is 0.392 e. The largest absolute Gasteiger partial charge is 0.420 e. The summed E-state index contributed by atoms with van der Waals surface area (Å²) >= 11 is 6.53. The average Bonchev–Trinajstić information content (AvgIpc) is 3.12. The highest BCUT2D eigenvalue weighted by atomic mass is 32.5. The summed E-state index contributed by atoms with van der Waals surface area (Å²) in [6.07, 6.45) is 0. The van der Waals surface area contributed by atoms with Gasteiger partial charge in [-0.1, -0.05) is 133 Å². The lowest BCUT2D eigenvalue weighted by atomic mass is 9.91. The second-order valence-corrected chi connectivity index (χ2v) is 14.7. The van der Waals surface area contributed by atoms with Crippen molar-refractivity contribution in [2.24, 2.45) is 0 Å². The number of hydrogen-bond acceptors (Lipinski definition) is 4. The number of anilines is 2. The van der Waals surface area contributed by atoms with E-state index in [0.29, 0.717) is 11.5 Å². The van der Waals surface area contributed by atoms with Gasteiger partial charge in [0.05, 0.1) is 5.69 Å². The lowest BCUT2D eigenvalue weighted by Crippen LogP contribution is -2.11. The Hall–Kier alpha value is -5.35. The Morgan fingerprint density at radius 3 is 1.35 bits per heavy atom. The van der Waals surface area contributed by atoms with Crippen LogP contribution in [0, 0.1) is 0 Å². The van der Waals surface area contributed by atoms with Crippen LogP contribution in [0.5, 0.6) is 11.5 Å². The molecule has 0 unspecified atom stereocenters. The second-order valence-electron chi connectivity index (χ2n) is 11.7. The van der Waals surface area contributed by atoms with Gasteiger partial charge in [-0.3, -0.25) is 5.09 Å². The van der Waals surface area contributed by atoms with Gasteiger partial charge in [-0.05, 0) is 63.5 Å². The van der Waals surface area contributed by atoms with Gasteiger partial charge in [0, 0.05) is 45.9 Å². The van der Waals surface area contributed by atoms with Gasteiger partial charge in [0.2, 0.25) is 0 Å². The molecule has 0 saturated heterocycles. The number of nitrogens with one attached hydrogen (secondary N) is 2. The molecule has 0 amide bonds. The van der Waals surface area contributed by atoms with Gasteiger partial charge < -0.3 is 14.4 Å². The van der Waals surface area contributed by atoms with E-state index in [0.717, 1.165) is 72.1 Å². The van der Waals surface area contributed by atoms with Gasteiger partial charge in [-0.25, -0.2) is 0 Å². The zero-order chi connectivity index (χ0) is 32.5. The summed E-state index contributed by atoms with van der Waals surface area (Å²) in [5.74, 6) is 1.34. The molecular weight excluding hydrogens is 628 g/mol. The molecule has 0 saturated carbocycles. The van der Waals surface area contributed by atoms with E-state index >= 15 is 0 Å². The molecule has 0 aromatic heterocycles. The van der Waals surface area contributed by atoms with Crippen molar-refractivity contribution in [3.8, 4) is 22.6 Å². The lowest BCUT2D eigenvalue weighted by Gasteiger charge is -2.28. The minimum Gasteiger partial charge on any atom is -0.420 e. The Kier molecular flexibility index (Phi) is 7.93. The number of fused-ring (bicyclic) bond motifs is 4. The molecule has 0 fully saturated rings. The lowest BCUT2D eigenvalue weighted by molar-refractivity contribution is 0.499. The molecule has 0 bridgehead atoms. The maximum Gasteiger partial charge on any atom is 0.392 e. The van der Waals surface area contributed by atoms with Crippen molar-refractivity contribution in [3.05, 3.63) is 158 Å². The van der Waals surface area contributed by atoms with Crippen LogP contribution in [-0.2, 0) is 11.8 Å². The van der Waals surface area contributed by atoms with Crippen molar-refractivity contribution in [1.82, 2.24) is 0 Å². The van der Waals surface area contributed by atoms with E-state index in [1.54, 1.807) is 0 Å². The summed E-state index contributed by atoms with van der Waals surface area (Å²) < 4.78 is 13.8. The standard InChI is InChI=1S/C42H33N2O2PS/c1-2-43-37-27-25-31-15-5-9-21-35(31)41(37)42-36-22-10-6-16-32(36)26-28-38(42)44-47(48,45-39-23-11-17-29-13-3-7-19-33(29)39)46-40-24-12-18-30-14-4-8-20-34(30)40/h3-28,43H,2H2,1H3,(H,44,48). The Balaban J connectivity index is 1.36. The van der Waals surface area contributed by atoms with Crippen molar-refractivity contribution in [2.45, 2.75) is 6.92 Å². The molecule has 8 aromatic carbocycles. The van der Waals surface area contributed by atoms with Crippen molar-refractivity contribution in [3.63, 3.8) is 0 Å². The highest BCUT2D eigenvalue weighted by molar-refractivity contribution is 8.10. The fourth-order valence-corrected chi connectivity index (χ4v) is 8.76. The highest BCUT2D eigenvalue weighted by Gasteiger charge is 2.28. The predicted octanol–water partition coefficient (Wildman–Crippen LogP) is 12.2. The van der Waals surface area contributed by atoms with E-state index in [1.807, 2.05) is 48.5 Å². The zero-order valence-electron chi connectivity index (χ0n) is 26.4. The summed E-state index contributed by atoms with van der Waals surface area (Å²) in [6, 6.07) is 54.0. The third-order valence-electron chi connectivity index (χ3n) is 8.67. The van der Waals surface area contributed by atoms with Crippen molar-refractivity contribution in [2.75, 3.05) is 16.9 Å². The topological polar surface area (TPSA) is 42.5 Å². The quantitative estimate of drug-likeness (QED) is 0.151. The Bertz CT molecular complexity index is 2420. The van der Waals surface area contributed by atoms with Gasteiger partial charge in [0.1, 0.15) is 11.5 Å². The van der Waals surface area contributed by atoms with Crippen LogP contribution >= 0.6 is 6.64 Å². The van der Waals surface area contributed by atoms with Gasteiger partial charge in [0.25, 0.3) is 0 Å². The normalized spacial score (nSPS) is 11.6. The van der Waals surface area contributed by atoms with Crippen LogP contribution < -0.4 is 19.5 Å². The summed E-state index contributed by atoms with van der Waals surface area (Å²) in [5, 5.41) is 16.0. The molecule has 0 aliphatic heterocycles. The summed E-state index contributed by atoms with van der Waals surface area (Å²) in [4.78, 5) is 0. The Morgan fingerprint density at radius 2 is 0.854 bits per heavy atom. The van der Waals surface area contributed by atoms with E-state index in [2.05, 4.69) is 127 Å². The van der Waals surface area contributed by atoms with Crippen LogP contribution in [0.15, 0.2) is 158 Å². The zero-order valence-corrected chi connectivity index (χ0v) is 28.1. The molecule has 2 N–H and O–H groups in total. The average molecular weight is 661 g/mol. The van der Waals surface area contributed by atoms with E-state index < -0.39 is 6.64 Å². The van der Waals surface area contributed by atoms with Crippen LogP contribution in [0.2, 0.25) is 0 Å². The molecule has 4 nitrogen and oxygen atoms in total. The fraction of sp³-hybridized carbons (Fsp3) is 0.0476. The van der Waals surface area contributed by atoms with Crippen LogP contribution in [0.4, 0.5) is 11.4 Å². The Labute approximate surface area is 285 Å². The highest BCUT2D eigenvalue weighted by Crippen LogP contribution is 2.54. The van der Waals surface area contributed by atoms with Gasteiger partial charge in [-0.15, -0.1) is 0 Å². The van der Waals surface area contributed by atoms with Crippen molar-refractivity contribution in [1.29, 1.82) is 0 Å². The first kappa shape index (κ1) is 30.0. The maximum atomic E-state index is 6.92. The second kappa shape index (κ2) is 12.7. The minimum absolute atomic E-state index is 0.671. The molecule has 48 heavy (non-hydrogen) atoms. The minimum atomic E-state index is -3.35. The Morgan fingerprint density at radius 1 is 0.458 bits per heavy atom. The van der Waals surface area contributed by atoms with E-state index in [-0.39, 0.29) is 0 Å². The van der Waals surface area contributed by atoms with Gasteiger partial charge in [0.15, 0.2) is 0 Å². The molecule has 0 spiro atoms. The summed E-state index contributed by atoms with van der Waals surface area (Å²) in [6.45, 7) is -0.442. The van der Waals surface area contributed by atoms with Crippen LogP contribution in [0.25, 0.3) is 54.2 Å². The van der Waals surface area contributed by atoms with Crippen LogP contribution in [-0.4, -0.2) is 6.54 Å². The van der Waals surface area contributed by atoms with Crippen LogP contribution in [0.3, 0.4) is 0 Å². The first-order valence-electron chi connectivity index (χ1n) is 16.1. The molecule has 0 radical (unpaired) electrons. The fourth-order valence-electron chi connectivity index (χ4n) is 6.53.